The topological polar surface area (TPSA) is 66.3 Å². The molecule has 2 amide bonds. The fourth-order valence-electron chi connectivity index (χ4n) is 3.76. The molecule has 31 heavy (non-hydrogen) atoms. The zero-order chi connectivity index (χ0) is 22.4. The molecule has 2 N–H and O–H groups in total. The number of anilines is 2. The first kappa shape index (κ1) is 22.6. The highest BCUT2D eigenvalue weighted by Gasteiger charge is 2.24. The molecule has 166 valence electrons. The number of carbonyl (C=O) groups excluding carboxylic acids is 2. The number of amides is 2. The monoisotopic (exact) mass is 425 g/mol. The van der Waals surface area contributed by atoms with Crippen LogP contribution in [0.5, 0.6) is 5.75 Å². The van der Waals surface area contributed by atoms with Crippen LogP contribution in [0.3, 0.4) is 0 Å². The van der Waals surface area contributed by atoms with E-state index < -0.39 is 0 Å². The number of hydrogen-bond acceptors (Lipinski definition) is 4. The maximum atomic E-state index is 12.6. The molecule has 0 spiro atoms. The molecule has 0 atom stereocenters. The van der Waals surface area contributed by atoms with E-state index in [1.807, 2.05) is 44.2 Å². The smallest absolute Gasteiger partial charge is 0.277 e. The first-order valence-corrected chi connectivity index (χ1v) is 10.7. The highest BCUT2D eigenvalue weighted by Crippen LogP contribution is 2.19. The number of carbonyl (C=O) groups is 2. The number of rotatable bonds is 7. The van der Waals surface area contributed by atoms with Crippen molar-refractivity contribution in [1.29, 1.82) is 0 Å². The van der Waals surface area contributed by atoms with Crippen LogP contribution in [0.4, 0.5) is 11.4 Å². The third-order valence-corrected chi connectivity index (χ3v) is 5.78. The van der Waals surface area contributed by atoms with Crippen molar-refractivity contribution in [2.45, 2.75) is 13.8 Å². The van der Waals surface area contributed by atoms with Crippen molar-refractivity contribution < 1.29 is 19.2 Å². The number of likely N-dealkylation sites (N-methyl/N-ethyl adjacent to an activating group) is 1. The Kier molecular flexibility index (Phi) is 7.52. The summed E-state index contributed by atoms with van der Waals surface area (Å²) in [7, 11) is 3.36. The zero-order valence-corrected chi connectivity index (χ0v) is 18.9. The molecule has 0 radical (unpaired) electrons. The third kappa shape index (κ3) is 6.21. The van der Waals surface area contributed by atoms with E-state index in [2.05, 4.69) is 22.3 Å². The first-order chi connectivity index (χ1) is 14.9. The number of methoxy groups -OCH3 is 1. The van der Waals surface area contributed by atoms with Crippen molar-refractivity contribution >= 4 is 23.2 Å². The van der Waals surface area contributed by atoms with Gasteiger partial charge in [0.2, 0.25) is 5.91 Å². The molecule has 7 nitrogen and oxygen atoms in total. The zero-order valence-electron chi connectivity index (χ0n) is 18.9. The van der Waals surface area contributed by atoms with E-state index in [1.165, 1.54) is 15.5 Å². The summed E-state index contributed by atoms with van der Waals surface area (Å²) in [5.74, 6) is 0.663. The van der Waals surface area contributed by atoms with Gasteiger partial charge in [0.1, 0.15) is 5.75 Å². The van der Waals surface area contributed by atoms with Crippen molar-refractivity contribution in [3.63, 3.8) is 0 Å². The van der Waals surface area contributed by atoms with Gasteiger partial charge in [-0.1, -0.05) is 12.1 Å². The fourth-order valence-corrected chi connectivity index (χ4v) is 3.76. The number of aryl methyl sites for hydroxylation is 2. The lowest BCUT2D eigenvalue weighted by Gasteiger charge is -2.34. The second-order valence-electron chi connectivity index (χ2n) is 8.23. The van der Waals surface area contributed by atoms with Crippen molar-refractivity contribution in [3.8, 4) is 5.75 Å². The van der Waals surface area contributed by atoms with E-state index in [9.17, 15) is 9.59 Å². The number of nitrogens with zero attached hydrogens (tertiary/aromatic N) is 2. The van der Waals surface area contributed by atoms with Gasteiger partial charge in [0, 0.05) is 18.4 Å². The summed E-state index contributed by atoms with van der Waals surface area (Å²) in [5.41, 5.74) is 4.06. The Hall–Kier alpha value is -3.06. The largest absolute Gasteiger partial charge is 0.497 e. The van der Waals surface area contributed by atoms with Crippen molar-refractivity contribution in [2.24, 2.45) is 0 Å². The minimum Gasteiger partial charge on any atom is -0.497 e. The van der Waals surface area contributed by atoms with Crippen LogP contribution in [0, 0.1) is 13.8 Å². The van der Waals surface area contributed by atoms with E-state index in [0.717, 1.165) is 48.7 Å². The molecule has 0 unspecified atom stereocenters. The van der Waals surface area contributed by atoms with Crippen LogP contribution in [0.25, 0.3) is 0 Å². The van der Waals surface area contributed by atoms with Gasteiger partial charge in [-0.2, -0.15) is 0 Å². The number of nitrogens with one attached hydrogen (secondary N) is 2. The van der Waals surface area contributed by atoms with Crippen LogP contribution in [0.15, 0.2) is 42.5 Å². The van der Waals surface area contributed by atoms with Crippen molar-refractivity contribution in [2.75, 3.05) is 63.6 Å². The lowest BCUT2D eigenvalue weighted by Crippen LogP contribution is -3.15. The number of quaternary nitrogens is 1. The van der Waals surface area contributed by atoms with Gasteiger partial charge in [0.05, 0.1) is 39.8 Å². The molecule has 1 aliphatic rings. The highest BCUT2D eigenvalue weighted by molar-refractivity contribution is 5.95. The van der Waals surface area contributed by atoms with E-state index in [0.29, 0.717) is 6.54 Å². The number of hydrogen-bond donors (Lipinski definition) is 2. The minimum absolute atomic E-state index is 0.0102. The van der Waals surface area contributed by atoms with Crippen LogP contribution in [-0.4, -0.2) is 70.1 Å². The Balaban J connectivity index is 1.44. The van der Waals surface area contributed by atoms with E-state index in [-0.39, 0.29) is 18.4 Å². The normalized spacial score (nSPS) is 14.3. The van der Waals surface area contributed by atoms with Crippen LogP contribution < -0.4 is 19.9 Å². The van der Waals surface area contributed by atoms with E-state index in [4.69, 9.17) is 4.74 Å². The predicted octanol–water partition coefficient (Wildman–Crippen LogP) is 1.11. The molecular weight excluding hydrogens is 392 g/mol. The van der Waals surface area contributed by atoms with Crippen LogP contribution in [0.2, 0.25) is 0 Å². The SMILES string of the molecule is COc1ccc(N2CC[NH+](CC(=O)N(C)CC(=O)Nc3cc(C)ccc3C)CC2)cc1. The summed E-state index contributed by atoms with van der Waals surface area (Å²) in [6, 6.07) is 14.0. The second kappa shape index (κ2) is 10.3. The minimum atomic E-state index is -0.177. The van der Waals surface area contributed by atoms with Gasteiger partial charge < -0.3 is 24.8 Å². The van der Waals surface area contributed by atoms with Crippen LogP contribution in [0.1, 0.15) is 11.1 Å². The van der Waals surface area contributed by atoms with Gasteiger partial charge in [-0.15, -0.1) is 0 Å². The van der Waals surface area contributed by atoms with E-state index in [1.54, 1.807) is 14.2 Å². The molecule has 1 saturated heterocycles. The van der Waals surface area contributed by atoms with Gasteiger partial charge in [-0.3, -0.25) is 9.59 Å². The average Bonchev–Trinajstić information content (AvgIpc) is 2.76. The maximum absolute atomic E-state index is 12.6. The standard InChI is InChI=1S/C24H32N4O3/c1-18-5-6-19(2)22(15-18)25-23(29)16-26(3)24(30)17-27-11-13-28(14-12-27)20-7-9-21(31-4)10-8-20/h5-10,15H,11-14,16-17H2,1-4H3,(H,25,29)/p+1. The van der Waals surface area contributed by atoms with Crippen molar-refractivity contribution in [1.82, 2.24) is 4.90 Å². The number of piperazine rings is 1. The molecule has 2 aromatic rings. The lowest BCUT2D eigenvalue weighted by molar-refractivity contribution is -0.892. The van der Waals surface area contributed by atoms with Gasteiger partial charge in [-0.05, 0) is 55.3 Å². The predicted molar refractivity (Wildman–Crippen MR) is 123 cm³/mol. The van der Waals surface area contributed by atoms with Gasteiger partial charge >= 0.3 is 0 Å². The van der Waals surface area contributed by atoms with Gasteiger partial charge in [0.15, 0.2) is 6.54 Å². The Morgan fingerprint density at radius 3 is 2.42 bits per heavy atom. The summed E-state index contributed by atoms with van der Waals surface area (Å²) in [6.45, 7) is 7.97. The first-order valence-electron chi connectivity index (χ1n) is 10.7. The second-order valence-corrected chi connectivity index (χ2v) is 8.23. The summed E-state index contributed by atoms with van der Waals surface area (Å²) < 4.78 is 5.22. The Morgan fingerprint density at radius 1 is 1.10 bits per heavy atom. The molecule has 2 aromatic carbocycles. The molecule has 0 bridgehead atoms. The molecule has 0 aliphatic carbocycles. The number of benzene rings is 2. The van der Waals surface area contributed by atoms with Crippen molar-refractivity contribution in [3.05, 3.63) is 53.6 Å². The maximum Gasteiger partial charge on any atom is 0.277 e. The summed E-state index contributed by atoms with van der Waals surface area (Å²) in [6.07, 6.45) is 0. The fraction of sp³-hybridized carbons (Fsp3) is 0.417. The van der Waals surface area contributed by atoms with Crippen LogP contribution >= 0.6 is 0 Å². The lowest BCUT2D eigenvalue weighted by atomic mass is 10.1. The van der Waals surface area contributed by atoms with Gasteiger partial charge in [0.25, 0.3) is 5.91 Å². The Labute approximate surface area is 184 Å². The Morgan fingerprint density at radius 2 is 1.77 bits per heavy atom. The Bertz CT molecular complexity index is 906. The molecule has 1 fully saturated rings. The summed E-state index contributed by atoms with van der Waals surface area (Å²) in [4.78, 5) is 30.1. The molecule has 3 rings (SSSR count). The van der Waals surface area contributed by atoms with Gasteiger partial charge in [-0.25, -0.2) is 0 Å². The molecule has 7 heteroatoms. The van der Waals surface area contributed by atoms with E-state index >= 15 is 0 Å². The quantitative estimate of drug-likeness (QED) is 0.698. The average molecular weight is 426 g/mol. The van der Waals surface area contributed by atoms with Crippen LogP contribution in [-0.2, 0) is 9.59 Å². The molecule has 0 saturated carbocycles. The summed E-state index contributed by atoms with van der Waals surface area (Å²) >= 11 is 0. The molecule has 1 heterocycles. The third-order valence-electron chi connectivity index (χ3n) is 5.78. The molecular formula is C24H33N4O3+. The highest BCUT2D eigenvalue weighted by atomic mass is 16.5. The summed E-state index contributed by atoms with van der Waals surface area (Å²) in [5, 5.41) is 2.92. The molecule has 0 aromatic heterocycles. The molecule has 1 aliphatic heterocycles. The number of ether oxygens (including phenoxy) is 1.